The van der Waals surface area contributed by atoms with Crippen molar-refractivity contribution in [2.45, 2.75) is 76.8 Å². The van der Waals surface area contributed by atoms with Crippen molar-refractivity contribution in [2.24, 2.45) is 11.7 Å². The molecule has 2 aliphatic rings. The van der Waals surface area contributed by atoms with Crippen molar-refractivity contribution in [3.8, 4) is 0 Å². The summed E-state index contributed by atoms with van der Waals surface area (Å²) in [6.07, 6.45) is 9.48. The number of hydrogen-bond donors (Lipinski definition) is 3. The first-order chi connectivity index (χ1) is 12.5. The molecule has 0 saturated heterocycles. The van der Waals surface area contributed by atoms with Crippen LogP contribution in [0.25, 0.3) is 0 Å². The van der Waals surface area contributed by atoms with E-state index in [9.17, 15) is 9.59 Å². The van der Waals surface area contributed by atoms with Gasteiger partial charge in [0.05, 0.1) is 0 Å². The summed E-state index contributed by atoms with van der Waals surface area (Å²) in [5, 5.41) is 6.16. The van der Waals surface area contributed by atoms with Gasteiger partial charge in [-0.05, 0) is 62.8 Å². The van der Waals surface area contributed by atoms with Gasteiger partial charge in [-0.25, -0.2) is 0 Å². The Morgan fingerprint density at radius 2 is 1.81 bits per heavy atom. The van der Waals surface area contributed by atoms with E-state index < -0.39 is 0 Å². The molecular formula is C21H31N3O2. The van der Waals surface area contributed by atoms with Gasteiger partial charge in [0.25, 0.3) is 5.91 Å². The molecule has 0 aromatic heterocycles. The van der Waals surface area contributed by atoms with Crippen LogP contribution >= 0.6 is 0 Å². The molecule has 26 heavy (non-hydrogen) atoms. The fourth-order valence-corrected chi connectivity index (χ4v) is 4.16. The van der Waals surface area contributed by atoms with E-state index in [1.165, 1.54) is 19.3 Å². The molecule has 2 saturated carbocycles. The Hall–Kier alpha value is -1.88. The molecule has 2 aliphatic carbocycles. The lowest BCUT2D eigenvalue weighted by atomic mass is 9.85. The molecule has 2 fully saturated rings. The number of nitrogens with two attached hydrogens (primary N) is 1. The van der Waals surface area contributed by atoms with E-state index >= 15 is 0 Å². The van der Waals surface area contributed by atoms with Gasteiger partial charge in [-0.1, -0.05) is 25.7 Å². The van der Waals surface area contributed by atoms with E-state index in [4.69, 9.17) is 5.73 Å². The molecule has 5 heteroatoms. The van der Waals surface area contributed by atoms with Crippen LogP contribution in [0.5, 0.6) is 0 Å². The summed E-state index contributed by atoms with van der Waals surface area (Å²) in [5.74, 6) is 0.0196. The minimum absolute atomic E-state index is 0.00701. The SMILES string of the molecule is Cc1cc(C(=O)NC2CCCCC2)ccc1NC(=O)C1CCCC(N)C1. The number of carbonyl (C=O) groups excluding carboxylic acids is 2. The largest absolute Gasteiger partial charge is 0.349 e. The maximum atomic E-state index is 12.5. The number of rotatable bonds is 4. The van der Waals surface area contributed by atoms with Gasteiger partial charge in [-0.3, -0.25) is 9.59 Å². The van der Waals surface area contributed by atoms with Gasteiger partial charge in [0.1, 0.15) is 0 Å². The summed E-state index contributed by atoms with van der Waals surface area (Å²) in [5.41, 5.74) is 8.34. The highest BCUT2D eigenvalue weighted by atomic mass is 16.2. The average Bonchev–Trinajstić information content (AvgIpc) is 2.64. The van der Waals surface area contributed by atoms with Crippen molar-refractivity contribution >= 4 is 17.5 Å². The number of aryl methyl sites for hydroxylation is 1. The van der Waals surface area contributed by atoms with Crippen molar-refractivity contribution < 1.29 is 9.59 Å². The molecule has 0 spiro atoms. The van der Waals surface area contributed by atoms with E-state index in [1.807, 2.05) is 19.1 Å². The van der Waals surface area contributed by atoms with E-state index in [-0.39, 0.29) is 23.8 Å². The second kappa shape index (κ2) is 8.67. The Balaban J connectivity index is 1.59. The molecule has 2 atom stereocenters. The summed E-state index contributed by atoms with van der Waals surface area (Å²) in [4.78, 5) is 25.0. The van der Waals surface area contributed by atoms with Crippen molar-refractivity contribution in [3.05, 3.63) is 29.3 Å². The van der Waals surface area contributed by atoms with Gasteiger partial charge in [-0.2, -0.15) is 0 Å². The molecule has 5 nitrogen and oxygen atoms in total. The molecule has 2 unspecified atom stereocenters. The molecule has 0 bridgehead atoms. The van der Waals surface area contributed by atoms with Crippen LogP contribution in [0.4, 0.5) is 5.69 Å². The van der Waals surface area contributed by atoms with Crippen LogP contribution in [-0.4, -0.2) is 23.9 Å². The van der Waals surface area contributed by atoms with Crippen molar-refractivity contribution in [2.75, 3.05) is 5.32 Å². The fourth-order valence-electron chi connectivity index (χ4n) is 4.16. The van der Waals surface area contributed by atoms with Crippen LogP contribution in [0.15, 0.2) is 18.2 Å². The Morgan fingerprint density at radius 3 is 2.50 bits per heavy atom. The molecule has 0 radical (unpaired) electrons. The molecule has 0 heterocycles. The lowest BCUT2D eigenvalue weighted by Crippen LogP contribution is -2.36. The van der Waals surface area contributed by atoms with Gasteiger partial charge in [0, 0.05) is 29.3 Å². The topological polar surface area (TPSA) is 84.2 Å². The summed E-state index contributed by atoms with van der Waals surface area (Å²) in [6.45, 7) is 1.93. The van der Waals surface area contributed by atoms with Crippen LogP contribution in [0, 0.1) is 12.8 Å². The van der Waals surface area contributed by atoms with Crippen molar-refractivity contribution in [3.63, 3.8) is 0 Å². The Morgan fingerprint density at radius 1 is 1.04 bits per heavy atom. The molecule has 1 aromatic carbocycles. The first-order valence-corrected chi connectivity index (χ1v) is 10.0. The smallest absolute Gasteiger partial charge is 0.251 e. The monoisotopic (exact) mass is 357 g/mol. The highest BCUT2D eigenvalue weighted by molar-refractivity contribution is 5.97. The third-order valence-corrected chi connectivity index (χ3v) is 5.77. The van der Waals surface area contributed by atoms with Gasteiger partial charge in [-0.15, -0.1) is 0 Å². The predicted octanol–water partition coefficient (Wildman–Crippen LogP) is 3.51. The van der Waals surface area contributed by atoms with Gasteiger partial charge in [0.2, 0.25) is 5.91 Å². The Labute approximate surface area is 156 Å². The Kier molecular flexibility index (Phi) is 6.30. The van der Waals surface area contributed by atoms with Crippen LogP contribution < -0.4 is 16.4 Å². The second-order valence-corrected chi connectivity index (χ2v) is 7.95. The van der Waals surface area contributed by atoms with E-state index in [2.05, 4.69) is 10.6 Å². The van der Waals surface area contributed by atoms with Gasteiger partial charge in [0.15, 0.2) is 0 Å². The lowest BCUT2D eigenvalue weighted by Gasteiger charge is -2.26. The van der Waals surface area contributed by atoms with Crippen LogP contribution in [0.1, 0.15) is 73.7 Å². The minimum Gasteiger partial charge on any atom is -0.349 e. The third kappa shape index (κ3) is 4.85. The van der Waals surface area contributed by atoms with E-state index in [0.29, 0.717) is 11.6 Å². The number of hydrogen-bond acceptors (Lipinski definition) is 3. The predicted molar refractivity (Wildman–Crippen MR) is 104 cm³/mol. The number of anilines is 1. The molecule has 3 rings (SSSR count). The summed E-state index contributed by atoms with van der Waals surface area (Å²) in [6, 6.07) is 5.93. The van der Waals surface area contributed by atoms with E-state index in [1.54, 1.807) is 6.07 Å². The normalized spacial score (nSPS) is 24.1. The highest BCUT2D eigenvalue weighted by Gasteiger charge is 2.25. The number of carbonyl (C=O) groups is 2. The maximum absolute atomic E-state index is 12.5. The third-order valence-electron chi connectivity index (χ3n) is 5.77. The van der Waals surface area contributed by atoms with Crippen LogP contribution in [-0.2, 0) is 4.79 Å². The Bertz CT molecular complexity index is 653. The molecule has 2 amide bonds. The fraction of sp³-hybridized carbons (Fsp3) is 0.619. The number of benzene rings is 1. The summed E-state index contributed by atoms with van der Waals surface area (Å²) in [7, 11) is 0. The minimum atomic E-state index is -0.0175. The molecule has 0 aliphatic heterocycles. The number of amides is 2. The second-order valence-electron chi connectivity index (χ2n) is 7.95. The van der Waals surface area contributed by atoms with E-state index in [0.717, 1.165) is 49.8 Å². The number of nitrogens with one attached hydrogen (secondary N) is 2. The van der Waals surface area contributed by atoms with Gasteiger partial charge >= 0.3 is 0 Å². The van der Waals surface area contributed by atoms with Crippen molar-refractivity contribution in [1.29, 1.82) is 0 Å². The van der Waals surface area contributed by atoms with Crippen LogP contribution in [0.3, 0.4) is 0 Å². The van der Waals surface area contributed by atoms with Crippen molar-refractivity contribution in [1.82, 2.24) is 5.32 Å². The zero-order valence-electron chi connectivity index (χ0n) is 15.7. The standard InChI is InChI=1S/C21H31N3O2/c1-14-12-16(20(25)23-18-8-3-2-4-9-18)10-11-19(14)24-21(26)15-6-5-7-17(22)13-15/h10-12,15,17-18H,2-9,13,22H2,1H3,(H,23,25)(H,24,26). The quantitative estimate of drug-likeness (QED) is 0.771. The summed E-state index contributed by atoms with van der Waals surface area (Å²) < 4.78 is 0. The lowest BCUT2D eigenvalue weighted by molar-refractivity contribution is -0.120. The van der Waals surface area contributed by atoms with Crippen LogP contribution in [0.2, 0.25) is 0 Å². The molecule has 4 N–H and O–H groups in total. The molecule has 142 valence electrons. The zero-order chi connectivity index (χ0) is 18.5. The molecule has 1 aromatic rings. The first kappa shape index (κ1) is 18.9. The average molecular weight is 357 g/mol. The summed E-state index contributed by atoms with van der Waals surface area (Å²) >= 11 is 0. The molecular weight excluding hydrogens is 326 g/mol. The highest BCUT2D eigenvalue weighted by Crippen LogP contribution is 2.26. The first-order valence-electron chi connectivity index (χ1n) is 10.0. The maximum Gasteiger partial charge on any atom is 0.251 e. The zero-order valence-corrected chi connectivity index (χ0v) is 15.7. The van der Waals surface area contributed by atoms with Gasteiger partial charge < -0.3 is 16.4 Å².